The predicted molar refractivity (Wildman–Crippen MR) is 117 cm³/mol. The fourth-order valence-corrected chi connectivity index (χ4v) is 2.23. The molecular formula is C21H29Cl3O3. The molecule has 0 aliphatic rings. The third kappa shape index (κ3) is 11.2. The number of hydrogen-bond acceptors (Lipinski definition) is 2. The quantitative estimate of drug-likeness (QED) is 0.508. The van der Waals surface area contributed by atoms with Gasteiger partial charge in [-0.3, -0.25) is 0 Å². The van der Waals surface area contributed by atoms with Gasteiger partial charge in [-0.1, -0.05) is 98.9 Å². The number of aliphatic hydroxyl groups is 1. The van der Waals surface area contributed by atoms with E-state index in [1.54, 1.807) is 0 Å². The van der Waals surface area contributed by atoms with Crippen LogP contribution in [0.15, 0.2) is 48.5 Å². The van der Waals surface area contributed by atoms with Crippen LogP contribution in [0.3, 0.4) is 0 Å². The van der Waals surface area contributed by atoms with Crippen molar-refractivity contribution in [2.45, 2.75) is 52.0 Å². The second-order valence-electron chi connectivity index (χ2n) is 5.05. The summed E-state index contributed by atoms with van der Waals surface area (Å²) in [6.07, 6.45) is 0. The van der Waals surface area contributed by atoms with Gasteiger partial charge in [0.2, 0.25) is 5.06 Å². The summed E-state index contributed by atoms with van der Waals surface area (Å²) in [4.78, 5) is 9.64. The highest BCUT2D eigenvalue weighted by atomic mass is 35.5. The molecule has 0 radical (unpaired) electrons. The first-order valence-electron chi connectivity index (χ1n) is 8.72. The van der Waals surface area contributed by atoms with Crippen molar-refractivity contribution in [2.24, 2.45) is 0 Å². The number of carbonyl (C=O) groups is 1. The lowest BCUT2D eigenvalue weighted by atomic mass is 10.0. The Morgan fingerprint density at radius 2 is 1.41 bits per heavy atom. The maximum Gasteiger partial charge on any atom is 0.351 e. The molecule has 0 heterocycles. The zero-order valence-electron chi connectivity index (χ0n) is 16.6. The number of rotatable bonds is 3. The van der Waals surface area contributed by atoms with Crippen LogP contribution in [-0.2, 0) is 4.79 Å². The van der Waals surface area contributed by atoms with E-state index >= 15 is 0 Å². The van der Waals surface area contributed by atoms with E-state index in [0.29, 0.717) is 5.02 Å². The first-order valence-corrected chi connectivity index (χ1v) is 9.92. The van der Waals surface area contributed by atoms with E-state index in [0.717, 1.165) is 18.1 Å². The van der Waals surface area contributed by atoms with Crippen LogP contribution in [0.2, 0.25) is 5.02 Å². The molecule has 0 saturated carbocycles. The topological polar surface area (TPSA) is 57.5 Å². The number of alkyl halides is 2. The summed E-state index contributed by atoms with van der Waals surface area (Å²) in [7, 11) is 0. The molecule has 152 valence electrons. The van der Waals surface area contributed by atoms with E-state index < -0.39 is 11.0 Å². The van der Waals surface area contributed by atoms with Gasteiger partial charge in [0.15, 0.2) is 0 Å². The number of halogens is 3. The second-order valence-corrected chi connectivity index (χ2v) is 6.63. The van der Waals surface area contributed by atoms with E-state index in [2.05, 4.69) is 19.1 Å². The largest absolute Gasteiger partial charge is 0.478 e. The van der Waals surface area contributed by atoms with Gasteiger partial charge < -0.3 is 10.2 Å². The van der Waals surface area contributed by atoms with Crippen LogP contribution in [0.1, 0.15) is 56.7 Å². The van der Waals surface area contributed by atoms with Gasteiger partial charge in [-0.2, -0.15) is 0 Å². The number of hydrogen-bond donors (Lipinski definition) is 2. The lowest BCUT2D eigenvalue weighted by molar-refractivity contribution is -0.148. The summed E-state index contributed by atoms with van der Waals surface area (Å²) < 4.78 is 0. The third-order valence-electron chi connectivity index (χ3n) is 2.94. The van der Waals surface area contributed by atoms with Crippen molar-refractivity contribution in [3.05, 3.63) is 70.2 Å². The Morgan fingerprint density at radius 1 is 1.00 bits per heavy atom. The third-order valence-corrected chi connectivity index (χ3v) is 3.93. The molecule has 0 aliphatic heterocycles. The Kier molecular flexibility index (Phi) is 15.3. The molecule has 2 aromatic rings. The Hall–Kier alpha value is -1.26. The van der Waals surface area contributed by atoms with Crippen LogP contribution in [0.25, 0.3) is 0 Å². The van der Waals surface area contributed by atoms with E-state index in [1.165, 1.54) is 5.56 Å². The summed E-state index contributed by atoms with van der Waals surface area (Å²) in [5.41, 5.74) is 3.25. The normalized spacial score (nSPS) is 12.5. The van der Waals surface area contributed by atoms with Gasteiger partial charge in [0.05, 0.1) is 5.38 Å². The zero-order valence-corrected chi connectivity index (χ0v) is 18.9. The Bertz CT molecular complexity index is 650. The second kappa shape index (κ2) is 14.8. The molecule has 27 heavy (non-hydrogen) atoms. The molecule has 2 unspecified atom stereocenters. The van der Waals surface area contributed by atoms with Gasteiger partial charge in [0.1, 0.15) is 0 Å². The molecule has 0 saturated heterocycles. The lowest BCUT2D eigenvalue weighted by Crippen LogP contribution is -2.27. The van der Waals surface area contributed by atoms with Crippen molar-refractivity contribution in [1.29, 1.82) is 0 Å². The van der Waals surface area contributed by atoms with Crippen molar-refractivity contribution >= 4 is 40.8 Å². The highest BCUT2D eigenvalue weighted by Crippen LogP contribution is 2.33. The number of aryl methyl sites for hydroxylation is 1. The van der Waals surface area contributed by atoms with Crippen molar-refractivity contribution in [2.75, 3.05) is 0 Å². The average Bonchev–Trinajstić information content (AvgIpc) is 2.65. The Labute approximate surface area is 177 Å². The fourth-order valence-electron chi connectivity index (χ4n) is 1.60. The minimum Gasteiger partial charge on any atom is -0.478 e. The highest BCUT2D eigenvalue weighted by Gasteiger charge is 2.25. The predicted octanol–water partition coefficient (Wildman–Crippen LogP) is 7.05. The lowest BCUT2D eigenvalue weighted by Gasteiger charge is -2.12. The minimum atomic E-state index is -2.11. The van der Waals surface area contributed by atoms with Gasteiger partial charge in [0.25, 0.3) is 0 Å². The molecule has 0 bridgehead atoms. The standard InChI is InChI=1S/C14H12Cl2.C3H5ClO3.2C2H6/c1-10-6-8-11(9-7-10)14(16)12-4-2-3-5-13(12)15;1-3(4,7)2(5)6;2*1-2/h2-9,14H,1H3;7H,1H3,(H,5,6);2*1-2H3. The summed E-state index contributed by atoms with van der Waals surface area (Å²) in [5, 5.41) is 14.5. The molecule has 2 rings (SSSR count). The molecule has 0 spiro atoms. The maximum absolute atomic E-state index is 9.64. The van der Waals surface area contributed by atoms with Gasteiger partial charge >= 0.3 is 5.97 Å². The van der Waals surface area contributed by atoms with E-state index in [-0.39, 0.29) is 5.38 Å². The monoisotopic (exact) mass is 434 g/mol. The van der Waals surface area contributed by atoms with Crippen LogP contribution in [0.4, 0.5) is 0 Å². The zero-order chi connectivity index (χ0) is 21.6. The van der Waals surface area contributed by atoms with Gasteiger partial charge in [-0.15, -0.1) is 11.6 Å². The Morgan fingerprint density at radius 3 is 1.78 bits per heavy atom. The SMILES string of the molecule is CC.CC.CC(O)(Cl)C(=O)O.Cc1ccc(C(Cl)c2ccccc2Cl)cc1. The molecule has 3 nitrogen and oxygen atoms in total. The Balaban J connectivity index is 0. The smallest absolute Gasteiger partial charge is 0.351 e. The summed E-state index contributed by atoms with van der Waals surface area (Å²) in [6.45, 7) is 11.0. The number of aliphatic carboxylic acids is 1. The molecule has 6 heteroatoms. The van der Waals surface area contributed by atoms with Crippen LogP contribution >= 0.6 is 34.8 Å². The van der Waals surface area contributed by atoms with Crippen LogP contribution in [0.5, 0.6) is 0 Å². The molecule has 2 atom stereocenters. The average molecular weight is 436 g/mol. The van der Waals surface area contributed by atoms with Gasteiger partial charge in [-0.25, -0.2) is 4.79 Å². The minimum absolute atomic E-state index is 0.186. The van der Waals surface area contributed by atoms with Crippen molar-refractivity contribution in [1.82, 2.24) is 0 Å². The van der Waals surface area contributed by atoms with Gasteiger partial charge in [-0.05, 0) is 31.0 Å². The molecule has 2 N–H and O–H groups in total. The van der Waals surface area contributed by atoms with E-state index in [1.807, 2.05) is 64.1 Å². The maximum atomic E-state index is 9.64. The molecular weight excluding hydrogens is 407 g/mol. The van der Waals surface area contributed by atoms with Crippen LogP contribution < -0.4 is 0 Å². The van der Waals surface area contributed by atoms with E-state index in [4.69, 9.17) is 45.0 Å². The highest BCUT2D eigenvalue weighted by molar-refractivity contribution is 6.33. The molecule has 0 amide bonds. The van der Waals surface area contributed by atoms with Gasteiger partial charge in [0, 0.05) is 5.02 Å². The van der Waals surface area contributed by atoms with Crippen LogP contribution in [-0.4, -0.2) is 21.2 Å². The van der Waals surface area contributed by atoms with Crippen molar-refractivity contribution in [3.63, 3.8) is 0 Å². The molecule has 0 fully saturated rings. The van der Waals surface area contributed by atoms with Crippen molar-refractivity contribution < 1.29 is 15.0 Å². The fraction of sp³-hybridized carbons (Fsp3) is 0.381. The number of benzene rings is 2. The van der Waals surface area contributed by atoms with Crippen molar-refractivity contribution in [3.8, 4) is 0 Å². The first-order chi connectivity index (χ1) is 12.6. The molecule has 0 aromatic heterocycles. The number of carboxylic acids is 1. The molecule has 2 aromatic carbocycles. The molecule has 0 aliphatic carbocycles. The number of carboxylic acid groups (broad SMARTS) is 1. The summed E-state index contributed by atoms with van der Waals surface area (Å²) in [6, 6.07) is 15.9. The summed E-state index contributed by atoms with van der Waals surface area (Å²) in [5.74, 6) is -1.44. The summed E-state index contributed by atoms with van der Waals surface area (Å²) >= 11 is 17.3. The first kappa shape index (κ1) is 28.0. The van der Waals surface area contributed by atoms with E-state index in [9.17, 15) is 4.79 Å². The van der Waals surface area contributed by atoms with Crippen LogP contribution in [0, 0.1) is 6.92 Å².